The van der Waals surface area contributed by atoms with Crippen molar-refractivity contribution in [2.45, 2.75) is 37.9 Å². The second-order valence-electron chi connectivity index (χ2n) is 5.18. The van der Waals surface area contributed by atoms with Crippen LogP contribution in [0.3, 0.4) is 0 Å². The molecule has 1 fully saturated rings. The SMILES string of the molecule is CCc1nc(N)c2cc(Br)n([C@H]3O[C@@H](CO)[C@@H](O)[C@@H]3O)c2n1. The molecule has 0 amide bonds. The van der Waals surface area contributed by atoms with Crippen LogP contribution in [-0.2, 0) is 11.2 Å². The van der Waals surface area contributed by atoms with Gasteiger partial charge >= 0.3 is 0 Å². The number of nitrogens with two attached hydrogens (primary N) is 1. The monoisotopic (exact) mass is 372 g/mol. The molecule has 4 atom stereocenters. The number of ether oxygens (including phenoxy) is 1. The lowest BCUT2D eigenvalue weighted by Gasteiger charge is -2.19. The van der Waals surface area contributed by atoms with Gasteiger partial charge < -0.3 is 25.8 Å². The van der Waals surface area contributed by atoms with Gasteiger partial charge in [-0.05, 0) is 22.0 Å². The molecule has 2 aromatic heterocycles. The zero-order valence-electron chi connectivity index (χ0n) is 11.8. The Morgan fingerprint density at radius 2 is 2.09 bits per heavy atom. The van der Waals surface area contributed by atoms with Crippen LogP contribution in [0.1, 0.15) is 19.0 Å². The third-order valence-electron chi connectivity index (χ3n) is 3.81. The molecule has 0 aromatic carbocycles. The standard InChI is InChI=1S/C13H17BrN4O4/c1-2-8-16-11(15)5-3-7(14)18(12(5)17-8)13-10(21)9(20)6(4-19)22-13/h3,6,9-10,13,19-21H,2,4H2,1H3,(H2,15,16,17)/t6-,9+,10-,13-/m0/s1. The normalized spacial score (nSPS) is 28.6. The predicted molar refractivity (Wildman–Crippen MR) is 82.0 cm³/mol. The number of aromatic nitrogens is 3. The minimum Gasteiger partial charge on any atom is -0.394 e. The molecule has 22 heavy (non-hydrogen) atoms. The number of aliphatic hydroxyl groups is 3. The molecular formula is C13H17BrN4O4. The second kappa shape index (κ2) is 5.74. The van der Waals surface area contributed by atoms with Crippen molar-refractivity contribution in [3.8, 4) is 0 Å². The Labute approximate surface area is 134 Å². The Bertz CT molecular complexity index is 707. The van der Waals surface area contributed by atoms with Gasteiger partial charge in [0.2, 0.25) is 0 Å². The van der Waals surface area contributed by atoms with E-state index in [1.54, 1.807) is 10.6 Å². The smallest absolute Gasteiger partial charge is 0.165 e. The van der Waals surface area contributed by atoms with Gasteiger partial charge in [-0.1, -0.05) is 6.92 Å². The molecule has 8 nitrogen and oxygen atoms in total. The highest BCUT2D eigenvalue weighted by molar-refractivity contribution is 9.10. The molecule has 2 aromatic rings. The van der Waals surface area contributed by atoms with Crippen molar-refractivity contribution in [2.75, 3.05) is 12.3 Å². The minimum atomic E-state index is -1.19. The zero-order chi connectivity index (χ0) is 16.0. The number of halogens is 1. The van der Waals surface area contributed by atoms with E-state index < -0.39 is 24.5 Å². The predicted octanol–water partition coefficient (Wildman–Crippen LogP) is -0.0501. The van der Waals surface area contributed by atoms with E-state index in [0.29, 0.717) is 33.7 Å². The summed E-state index contributed by atoms with van der Waals surface area (Å²) in [5.41, 5.74) is 6.46. The van der Waals surface area contributed by atoms with Crippen LogP contribution >= 0.6 is 15.9 Å². The number of anilines is 1. The van der Waals surface area contributed by atoms with Crippen molar-refractivity contribution < 1.29 is 20.1 Å². The van der Waals surface area contributed by atoms with E-state index >= 15 is 0 Å². The number of rotatable bonds is 3. The van der Waals surface area contributed by atoms with Crippen LogP contribution in [0.25, 0.3) is 11.0 Å². The van der Waals surface area contributed by atoms with E-state index in [1.807, 2.05) is 6.92 Å². The van der Waals surface area contributed by atoms with E-state index in [4.69, 9.17) is 10.5 Å². The largest absolute Gasteiger partial charge is 0.394 e. The molecule has 3 rings (SSSR count). The summed E-state index contributed by atoms with van der Waals surface area (Å²) in [6.45, 7) is 1.53. The fourth-order valence-corrected chi connectivity index (χ4v) is 3.23. The molecule has 0 saturated carbocycles. The Morgan fingerprint density at radius 1 is 1.36 bits per heavy atom. The summed E-state index contributed by atoms with van der Waals surface area (Å²) in [7, 11) is 0. The number of hydrogen-bond donors (Lipinski definition) is 4. The van der Waals surface area contributed by atoms with Gasteiger partial charge in [-0.3, -0.25) is 4.57 Å². The van der Waals surface area contributed by atoms with Crippen molar-refractivity contribution in [1.82, 2.24) is 14.5 Å². The van der Waals surface area contributed by atoms with E-state index in [1.165, 1.54) is 0 Å². The van der Waals surface area contributed by atoms with Gasteiger partial charge in [0.1, 0.15) is 35.6 Å². The van der Waals surface area contributed by atoms with E-state index in [2.05, 4.69) is 25.9 Å². The number of fused-ring (bicyclic) bond motifs is 1. The van der Waals surface area contributed by atoms with Crippen LogP contribution in [0, 0.1) is 0 Å². The van der Waals surface area contributed by atoms with E-state index in [9.17, 15) is 15.3 Å². The fraction of sp³-hybridized carbons (Fsp3) is 0.538. The summed E-state index contributed by atoms with van der Waals surface area (Å²) in [5, 5.41) is 30.0. The van der Waals surface area contributed by atoms with Gasteiger partial charge in [0, 0.05) is 6.42 Å². The molecule has 5 N–H and O–H groups in total. The van der Waals surface area contributed by atoms with Gasteiger partial charge in [0.15, 0.2) is 6.23 Å². The maximum absolute atomic E-state index is 10.2. The number of nitrogens with zero attached hydrogens (tertiary/aromatic N) is 3. The lowest BCUT2D eigenvalue weighted by atomic mass is 10.1. The lowest BCUT2D eigenvalue weighted by Crippen LogP contribution is -2.33. The lowest BCUT2D eigenvalue weighted by molar-refractivity contribution is -0.0518. The minimum absolute atomic E-state index is 0.341. The molecule has 1 aliphatic rings. The quantitative estimate of drug-likeness (QED) is 0.594. The molecular weight excluding hydrogens is 356 g/mol. The van der Waals surface area contributed by atoms with Crippen LogP contribution in [-0.4, -0.2) is 54.8 Å². The average Bonchev–Trinajstić information content (AvgIpc) is 2.97. The van der Waals surface area contributed by atoms with Crippen molar-refractivity contribution in [2.24, 2.45) is 0 Å². The molecule has 0 bridgehead atoms. The highest BCUT2D eigenvalue weighted by atomic mass is 79.9. The molecule has 1 aliphatic heterocycles. The molecule has 0 unspecified atom stereocenters. The number of nitrogen functional groups attached to an aromatic ring is 1. The van der Waals surface area contributed by atoms with E-state index in [-0.39, 0.29) is 6.61 Å². The summed E-state index contributed by atoms with van der Waals surface area (Å²) in [6.07, 6.45) is -3.49. The number of hydrogen-bond acceptors (Lipinski definition) is 7. The Kier molecular flexibility index (Phi) is 4.08. The zero-order valence-corrected chi connectivity index (χ0v) is 13.4. The first-order valence-electron chi connectivity index (χ1n) is 6.93. The van der Waals surface area contributed by atoms with Gasteiger partial charge in [0.25, 0.3) is 0 Å². The van der Waals surface area contributed by atoms with Gasteiger partial charge in [-0.15, -0.1) is 0 Å². The Morgan fingerprint density at radius 3 is 2.68 bits per heavy atom. The second-order valence-corrected chi connectivity index (χ2v) is 5.99. The first kappa shape index (κ1) is 15.6. The van der Waals surface area contributed by atoms with E-state index in [0.717, 1.165) is 0 Å². The first-order chi connectivity index (χ1) is 10.5. The Balaban J connectivity index is 2.15. The number of aliphatic hydroxyl groups excluding tert-OH is 3. The summed E-state index contributed by atoms with van der Waals surface area (Å²) in [6, 6.07) is 1.73. The summed E-state index contributed by atoms with van der Waals surface area (Å²) in [4.78, 5) is 8.64. The molecule has 0 radical (unpaired) electrons. The third-order valence-corrected chi connectivity index (χ3v) is 4.42. The third kappa shape index (κ3) is 2.29. The number of aryl methyl sites for hydroxylation is 1. The summed E-state index contributed by atoms with van der Waals surface area (Å²) < 4.78 is 7.76. The van der Waals surface area contributed by atoms with Crippen molar-refractivity contribution in [1.29, 1.82) is 0 Å². The molecule has 1 saturated heterocycles. The van der Waals surface area contributed by atoms with Gasteiger partial charge in [0.05, 0.1) is 16.6 Å². The molecule has 3 heterocycles. The maximum Gasteiger partial charge on any atom is 0.165 e. The topological polar surface area (TPSA) is 127 Å². The molecule has 0 aliphatic carbocycles. The summed E-state index contributed by atoms with van der Waals surface area (Å²) in [5.74, 6) is 0.914. The van der Waals surface area contributed by atoms with Crippen molar-refractivity contribution in [3.05, 3.63) is 16.5 Å². The summed E-state index contributed by atoms with van der Waals surface area (Å²) >= 11 is 3.39. The van der Waals surface area contributed by atoms with Crippen molar-refractivity contribution >= 4 is 32.8 Å². The highest BCUT2D eigenvalue weighted by Gasteiger charge is 2.44. The van der Waals surface area contributed by atoms with Crippen molar-refractivity contribution in [3.63, 3.8) is 0 Å². The fourth-order valence-electron chi connectivity index (χ4n) is 2.63. The van der Waals surface area contributed by atoms with Crippen LogP contribution in [0.4, 0.5) is 5.82 Å². The van der Waals surface area contributed by atoms with Gasteiger partial charge in [-0.2, -0.15) is 0 Å². The van der Waals surface area contributed by atoms with Crippen LogP contribution in [0.5, 0.6) is 0 Å². The Hall–Kier alpha value is -1.26. The first-order valence-corrected chi connectivity index (χ1v) is 7.72. The molecule has 9 heteroatoms. The molecule has 120 valence electrons. The van der Waals surface area contributed by atoms with Crippen LogP contribution in [0.2, 0.25) is 0 Å². The highest BCUT2D eigenvalue weighted by Crippen LogP contribution is 2.36. The average molecular weight is 373 g/mol. The van der Waals surface area contributed by atoms with Gasteiger partial charge in [-0.25, -0.2) is 9.97 Å². The van der Waals surface area contributed by atoms with Crippen LogP contribution < -0.4 is 5.73 Å². The molecule has 0 spiro atoms. The van der Waals surface area contributed by atoms with Crippen LogP contribution in [0.15, 0.2) is 10.7 Å². The maximum atomic E-state index is 10.2.